The minimum atomic E-state index is -3.31. The second-order valence-corrected chi connectivity index (χ2v) is 10.4. The number of nitrogens with one attached hydrogen (secondary N) is 1. The molecule has 9 heteroatoms. The van der Waals surface area contributed by atoms with E-state index in [1.54, 1.807) is 24.3 Å². The van der Waals surface area contributed by atoms with Crippen molar-refractivity contribution in [2.24, 2.45) is 0 Å². The molecule has 162 valence electrons. The second-order valence-electron chi connectivity index (χ2n) is 7.31. The molecule has 32 heavy (non-hydrogen) atoms. The van der Waals surface area contributed by atoms with E-state index >= 15 is 0 Å². The molecule has 1 fully saturated rings. The third kappa shape index (κ3) is 4.17. The number of hydrogen-bond donors (Lipinski definition) is 1. The molecule has 5 rings (SSSR count). The summed E-state index contributed by atoms with van der Waals surface area (Å²) in [5.41, 5.74) is 1.63. The molecule has 1 aromatic heterocycles. The number of carbonyl (C=O) groups excluding carboxylic acids is 1. The van der Waals surface area contributed by atoms with Gasteiger partial charge in [0.05, 0.1) is 21.7 Å². The summed E-state index contributed by atoms with van der Waals surface area (Å²) in [6.45, 7) is 0.429. The molecule has 7 nitrogen and oxygen atoms in total. The first-order valence-electron chi connectivity index (χ1n) is 10.0. The Kier molecular flexibility index (Phi) is 5.28. The van der Waals surface area contributed by atoms with Crippen molar-refractivity contribution in [3.63, 3.8) is 0 Å². The van der Waals surface area contributed by atoms with E-state index in [0.29, 0.717) is 35.1 Å². The lowest BCUT2D eigenvalue weighted by Crippen LogP contribution is -2.25. The summed E-state index contributed by atoms with van der Waals surface area (Å²) in [5, 5.41) is 3.27. The van der Waals surface area contributed by atoms with Crippen LogP contribution >= 0.6 is 11.3 Å². The Labute approximate surface area is 189 Å². The van der Waals surface area contributed by atoms with Gasteiger partial charge in [-0.2, -0.15) is 0 Å². The van der Waals surface area contributed by atoms with Crippen LogP contribution in [0.4, 0.5) is 10.8 Å². The Bertz CT molecular complexity index is 1400. The van der Waals surface area contributed by atoms with Gasteiger partial charge >= 0.3 is 0 Å². The Morgan fingerprint density at radius 2 is 1.84 bits per heavy atom. The molecule has 0 spiro atoms. The summed E-state index contributed by atoms with van der Waals surface area (Å²) in [5.74, 6) is 1.21. The number of thiazole rings is 1. The topological polar surface area (TPSA) is 88.6 Å². The number of benzene rings is 3. The minimum absolute atomic E-state index is 0.130. The number of amides is 1. The number of hydrogen-bond acceptors (Lipinski definition) is 6. The number of carbonyl (C=O) groups is 1. The summed E-state index contributed by atoms with van der Waals surface area (Å²) in [6, 6.07) is 21.7. The van der Waals surface area contributed by atoms with Crippen LogP contribution in [0.3, 0.4) is 0 Å². The predicted molar refractivity (Wildman–Crippen MR) is 126 cm³/mol. The number of ether oxygens (including phenoxy) is 1. The summed E-state index contributed by atoms with van der Waals surface area (Å²) >= 11 is 1.34. The van der Waals surface area contributed by atoms with Crippen molar-refractivity contribution >= 4 is 48.3 Å². The van der Waals surface area contributed by atoms with Gasteiger partial charge in [-0.3, -0.25) is 14.4 Å². The average Bonchev–Trinajstić information content (AvgIpc) is 3.35. The van der Waals surface area contributed by atoms with Crippen LogP contribution in [0.5, 0.6) is 11.5 Å². The summed E-state index contributed by atoms with van der Waals surface area (Å²) in [7, 11) is -3.31. The fraction of sp³-hybridized carbons (Fsp3) is 0.130. The highest BCUT2D eigenvalue weighted by Crippen LogP contribution is 2.32. The van der Waals surface area contributed by atoms with Crippen LogP contribution in [0, 0.1) is 0 Å². The molecule has 2 heterocycles. The largest absolute Gasteiger partial charge is 0.457 e. The van der Waals surface area contributed by atoms with Crippen LogP contribution in [-0.4, -0.2) is 31.6 Å². The highest BCUT2D eigenvalue weighted by atomic mass is 32.2. The van der Waals surface area contributed by atoms with Crippen LogP contribution < -0.4 is 14.4 Å². The monoisotopic (exact) mass is 465 g/mol. The molecule has 0 atom stereocenters. The molecule has 4 aromatic rings. The molecule has 0 unspecified atom stereocenters. The highest BCUT2D eigenvalue weighted by Gasteiger charge is 2.28. The Balaban J connectivity index is 1.34. The third-order valence-electron chi connectivity index (χ3n) is 5.05. The zero-order valence-corrected chi connectivity index (χ0v) is 18.5. The maximum atomic E-state index is 12.8. The number of rotatable bonds is 5. The van der Waals surface area contributed by atoms with Crippen LogP contribution in [0.1, 0.15) is 16.8 Å². The SMILES string of the molecule is O=C(Nc1nc2ccc(Oc3ccccc3)cc2s1)c1cccc(N2CCCS2(=O)=O)c1. The highest BCUT2D eigenvalue weighted by molar-refractivity contribution is 7.93. The lowest BCUT2D eigenvalue weighted by molar-refractivity contribution is 0.102. The van der Waals surface area contributed by atoms with Crippen LogP contribution in [0.25, 0.3) is 10.2 Å². The van der Waals surface area contributed by atoms with Gasteiger partial charge in [-0.15, -0.1) is 0 Å². The fourth-order valence-corrected chi connectivity index (χ4v) is 5.99. The van der Waals surface area contributed by atoms with Crippen molar-refractivity contribution in [2.75, 3.05) is 21.9 Å². The first kappa shape index (κ1) is 20.5. The molecule has 0 saturated carbocycles. The van der Waals surface area contributed by atoms with E-state index in [0.717, 1.165) is 16.0 Å². The van der Waals surface area contributed by atoms with Gasteiger partial charge in [0.1, 0.15) is 11.5 Å². The van der Waals surface area contributed by atoms with Crippen LogP contribution in [-0.2, 0) is 10.0 Å². The summed E-state index contributed by atoms with van der Waals surface area (Å²) < 4.78 is 32.5. The second kappa shape index (κ2) is 8.25. The lowest BCUT2D eigenvalue weighted by atomic mass is 10.2. The minimum Gasteiger partial charge on any atom is -0.457 e. The van der Waals surface area contributed by atoms with E-state index in [4.69, 9.17) is 4.74 Å². The van der Waals surface area contributed by atoms with E-state index in [-0.39, 0.29) is 11.7 Å². The molecule has 1 saturated heterocycles. The van der Waals surface area contributed by atoms with E-state index in [2.05, 4.69) is 10.3 Å². The standard InChI is InChI=1S/C23H19N3O4S2/c27-22(16-6-4-7-17(14-16)26-12-5-13-32(26,28)29)25-23-24-20-11-10-19(15-21(20)31-23)30-18-8-2-1-3-9-18/h1-4,6-11,14-15H,5,12-13H2,(H,24,25,27). The van der Waals surface area contributed by atoms with Gasteiger partial charge in [-0.25, -0.2) is 13.4 Å². The molecule has 1 N–H and O–H groups in total. The Hall–Kier alpha value is -3.43. The first-order chi connectivity index (χ1) is 15.5. The van der Waals surface area contributed by atoms with Gasteiger partial charge in [-0.05, 0) is 48.9 Å². The predicted octanol–water partition coefficient (Wildman–Crippen LogP) is 4.88. The van der Waals surface area contributed by atoms with Gasteiger partial charge < -0.3 is 4.74 Å². The maximum Gasteiger partial charge on any atom is 0.257 e. The molecule has 1 aliphatic heterocycles. The van der Waals surface area contributed by atoms with Crippen molar-refractivity contribution < 1.29 is 17.9 Å². The Morgan fingerprint density at radius 3 is 2.62 bits per heavy atom. The van der Waals surface area contributed by atoms with Gasteiger partial charge in [0.15, 0.2) is 5.13 Å². The Morgan fingerprint density at radius 1 is 1.00 bits per heavy atom. The average molecular weight is 466 g/mol. The number of fused-ring (bicyclic) bond motifs is 1. The number of para-hydroxylation sites is 1. The summed E-state index contributed by atoms with van der Waals surface area (Å²) in [4.78, 5) is 17.3. The normalized spacial score (nSPS) is 15.1. The maximum absolute atomic E-state index is 12.8. The lowest BCUT2D eigenvalue weighted by Gasteiger charge is -2.17. The van der Waals surface area contributed by atoms with Gasteiger partial charge in [0.25, 0.3) is 5.91 Å². The molecule has 3 aromatic carbocycles. The molecular weight excluding hydrogens is 446 g/mol. The van der Waals surface area contributed by atoms with E-state index < -0.39 is 10.0 Å². The van der Waals surface area contributed by atoms with E-state index in [1.807, 2.05) is 48.5 Å². The van der Waals surface area contributed by atoms with Crippen LogP contribution in [0.2, 0.25) is 0 Å². The molecule has 0 aliphatic carbocycles. The van der Waals surface area contributed by atoms with Gasteiger partial charge in [0.2, 0.25) is 10.0 Å². The zero-order chi connectivity index (χ0) is 22.1. The fourth-order valence-electron chi connectivity index (χ4n) is 3.55. The van der Waals surface area contributed by atoms with Crippen molar-refractivity contribution in [3.05, 3.63) is 78.4 Å². The quantitative estimate of drug-likeness (QED) is 0.454. The zero-order valence-electron chi connectivity index (χ0n) is 16.9. The number of anilines is 2. The van der Waals surface area contributed by atoms with E-state index in [1.165, 1.54) is 15.6 Å². The van der Waals surface area contributed by atoms with Crippen molar-refractivity contribution in [1.29, 1.82) is 0 Å². The van der Waals surface area contributed by atoms with Crippen molar-refractivity contribution in [1.82, 2.24) is 4.98 Å². The molecule has 1 aliphatic rings. The molecule has 1 amide bonds. The number of aromatic nitrogens is 1. The smallest absolute Gasteiger partial charge is 0.257 e. The van der Waals surface area contributed by atoms with Crippen LogP contribution in [0.15, 0.2) is 72.8 Å². The third-order valence-corrected chi connectivity index (χ3v) is 7.86. The number of nitrogens with zero attached hydrogens (tertiary/aromatic N) is 2. The first-order valence-corrected chi connectivity index (χ1v) is 12.5. The van der Waals surface area contributed by atoms with Crippen molar-refractivity contribution in [3.8, 4) is 11.5 Å². The molecule has 0 radical (unpaired) electrons. The molecular formula is C23H19N3O4S2. The van der Waals surface area contributed by atoms with Gasteiger partial charge in [-0.1, -0.05) is 35.6 Å². The van der Waals surface area contributed by atoms with Crippen molar-refractivity contribution in [2.45, 2.75) is 6.42 Å². The molecule has 0 bridgehead atoms. The summed E-state index contributed by atoms with van der Waals surface area (Å²) in [6.07, 6.45) is 0.584. The van der Waals surface area contributed by atoms with Gasteiger partial charge in [0, 0.05) is 18.2 Å². The van der Waals surface area contributed by atoms with E-state index in [9.17, 15) is 13.2 Å². The number of sulfonamides is 1.